The first-order valence-electron chi connectivity index (χ1n) is 6.36. The Labute approximate surface area is 143 Å². The van der Waals surface area contributed by atoms with Crippen LogP contribution in [0.4, 0.5) is 0 Å². The number of benzene rings is 2. The first kappa shape index (κ1) is 15.0. The Morgan fingerprint density at radius 1 is 0.591 bits per heavy atom. The van der Waals surface area contributed by atoms with E-state index in [-0.39, 0.29) is 11.5 Å². The second-order valence-corrected chi connectivity index (χ2v) is 6.10. The molecule has 0 saturated carbocycles. The van der Waals surface area contributed by atoms with Gasteiger partial charge in [-0.1, -0.05) is 0 Å². The zero-order valence-corrected chi connectivity index (χ0v) is 14.3. The summed E-state index contributed by atoms with van der Waals surface area (Å²) in [6.45, 7) is 0. The molecule has 0 atom stereocenters. The number of phenols is 2. The fraction of sp³-hybridized carbons (Fsp3) is 0. The molecule has 3 rings (SSSR count). The van der Waals surface area contributed by atoms with Crippen LogP contribution in [0.1, 0.15) is 0 Å². The molecule has 0 aliphatic carbocycles. The number of nitrogens with zero attached hydrogens (tertiary/aromatic N) is 2. The van der Waals surface area contributed by atoms with Crippen molar-refractivity contribution in [1.29, 1.82) is 0 Å². The van der Waals surface area contributed by atoms with E-state index in [9.17, 15) is 10.2 Å². The molecule has 2 N–H and O–H groups in total. The molecule has 0 bridgehead atoms. The maximum Gasteiger partial charge on any atom is 0.133 e. The minimum Gasteiger partial charge on any atom is -0.508 e. The van der Waals surface area contributed by atoms with Crippen LogP contribution in [0.3, 0.4) is 0 Å². The molecule has 3 aromatic rings. The fourth-order valence-corrected chi connectivity index (χ4v) is 2.99. The topological polar surface area (TPSA) is 66.2 Å². The molecule has 22 heavy (non-hydrogen) atoms. The molecule has 1 aromatic heterocycles. The molecule has 110 valence electrons. The maximum atomic E-state index is 9.37. The highest BCUT2D eigenvalue weighted by atomic mass is 79.9. The highest BCUT2D eigenvalue weighted by Crippen LogP contribution is 2.33. The van der Waals surface area contributed by atoms with E-state index in [1.54, 1.807) is 48.5 Å². The van der Waals surface area contributed by atoms with Crippen LogP contribution in [-0.2, 0) is 0 Å². The smallest absolute Gasteiger partial charge is 0.133 e. The summed E-state index contributed by atoms with van der Waals surface area (Å²) in [6.07, 6.45) is 0. The number of halogens is 2. The van der Waals surface area contributed by atoms with Crippen molar-refractivity contribution in [2.45, 2.75) is 0 Å². The van der Waals surface area contributed by atoms with E-state index < -0.39 is 0 Å². The van der Waals surface area contributed by atoms with Crippen LogP contribution < -0.4 is 0 Å². The van der Waals surface area contributed by atoms with Crippen LogP contribution >= 0.6 is 31.9 Å². The van der Waals surface area contributed by atoms with Crippen LogP contribution in [0.15, 0.2) is 57.7 Å². The van der Waals surface area contributed by atoms with Gasteiger partial charge in [-0.25, -0.2) is 9.97 Å². The maximum absolute atomic E-state index is 9.37. The summed E-state index contributed by atoms with van der Waals surface area (Å²) in [4.78, 5) is 9.07. The van der Waals surface area contributed by atoms with Gasteiger partial charge in [0.15, 0.2) is 0 Å². The van der Waals surface area contributed by atoms with Crippen molar-refractivity contribution < 1.29 is 10.2 Å². The monoisotopic (exact) mass is 420 g/mol. The van der Waals surface area contributed by atoms with Crippen LogP contribution in [0, 0.1) is 0 Å². The van der Waals surface area contributed by atoms with Gasteiger partial charge in [-0.2, -0.15) is 0 Å². The molecule has 0 fully saturated rings. The van der Waals surface area contributed by atoms with Crippen molar-refractivity contribution in [3.05, 3.63) is 57.7 Å². The molecule has 0 saturated heterocycles. The quantitative estimate of drug-likeness (QED) is 0.626. The van der Waals surface area contributed by atoms with Gasteiger partial charge in [0.05, 0.1) is 0 Å². The fourth-order valence-electron chi connectivity index (χ4n) is 2.00. The highest BCUT2D eigenvalue weighted by Gasteiger charge is 2.13. The third-order valence-electron chi connectivity index (χ3n) is 3.09. The van der Waals surface area contributed by atoms with E-state index >= 15 is 0 Å². The lowest BCUT2D eigenvalue weighted by Crippen LogP contribution is -1.95. The van der Waals surface area contributed by atoms with Crippen LogP contribution in [0.2, 0.25) is 0 Å². The predicted octanol–water partition coefficient (Wildman–Crippen LogP) is 4.75. The first-order valence-corrected chi connectivity index (χ1v) is 7.95. The van der Waals surface area contributed by atoms with Crippen molar-refractivity contribution in [3.63, 3.8) is 0 Å². The molecule has 2 aromatic carbocycles. The molecular weight excluding hydrogens is 412 g/mol. The van der Waals surface area contributed by atoms with Crippen molar-refractivity contribution in [1.82, 2.24) is 9.97 Å². The molecule has 0 amide bonds. The van der Waals surface area contributed by atoms with Gasteiger partial charge in [0.2, 0.25) is 0 Å². The van der Waals surface area contributed by atoms with Gasteiger partial charge >= 0.3 is 0 Å². The van der Waals surface area contributed by atoms with E-state index in [0.29, 0.717) is 20.6 Å². The number of rotatable bonds is 2. The van der Waals surface area contributed by atoms with E-state index in [2.05, 4.69) is 41.8 Å². The van der Waals surface area contributed by atoms with E-state index in [4.69, 9.17) is 0 Å². The molecule has 0 spiro atoms. The van der Waals surface area contributed by atoms with Gasteiger partial charge in [-0.15, -0.1) is 0 Å². The summed E-state index contributed by atoms with van der Waals surface area (Å²) in [7, 11) is 0. The molecule has 0 aliphatic rings. The third kappa shape index (κ3) is 2.98. The second kappa shape index (κ2) is 6.06. The zero-order valence-electron chi connectivity index (χ0n) is 11.2. The standard InChI is InChI=1S/C16H10Br2N2O2/c17-15-13(9-1-5-11(21)6-2-9)19-16(18)14(20-15)10-3-7-12(22)8-4-10/h1-8,21-22H. The second-order valence-electron chi connectivity index (χ2n) is 4.60. The normalized spacial score (nSPS) is 10.6. The van der Waals surface area contributed by atoms with Crippen molar-refractivity contribution in [2.24, 2.45) is 0 Å². The lowest BCUT2D eigenvalue weighted by Gasteiger charge is -2.09. The van der Waals surface area contributed by atoms with Crippen LogP contribution in [0.5, 0.6) is 11.5 Å². The number of hydrogen-bond acceptors (Lipinski definition) is 4. The average Bonchev–Trinajstić information content (AvgIpc) is 2.51. The molecule has 6 heteroatoms. The largest absolute Gasteiger partial charge is 0.508 e. The lowest BCUT2D eigenvalue weighted by atomic mass is 10.1. The van der Waals surface area contributed by atoms with Crippen molar-refractivity contribution >= 4 is 31.9 Å². The predicted molar refractivity (Wildman–Crippen MR) is 91.6 cm³/mol. The van der Waals surface area contributed by atoms with E-state index in [1.165, 1.54) is 0 Å². The van der Waals surface area contributed by atoms with Crippen LogP contribution in [-0.4, -0.2) is 20.2 Å². The Kier molecular flexibility index (Phi) is 4.13. The summed E-state index contributed by atoms with van der Waals surface area (Å²) < 4.78 is 1.20. The van der Waals surface area contributed by atoms with Gasteiger partial charge in [0.1, 0.15) is 32.1 Å². The van der Waals surface area contributed by atoms with Gasteiger partial charge in [0, 0.05) is 11.1 Å². The molecule has 0 radical (unpaired) electrons. The Morgan fingerprint density at radius 2 is 0.909 bits per heavy atom. The summed E-state index contributed by atoms with van der Waals surface area (Å²) in [5, 5.41) is 18.7. The molecule has 0 aliphatic heterocycles. The molecule has 1 heterocycles. The number of hydrogen-bond donors (Lipinski definition) is 2. The Hall–Kier alpha value is -1.92. The molecule has 0 unspecified atom stereocenters. The van der Waals surface area contributed by atoms with Gasteiger partial charge in [-0.3, -0.25) is 0 Å². The summed E-state index contributed by atoms with van der Waals surface area (Å²) in [5.74, 6) is 0.403. The van der Waals surface area contributed by atoms with Gasteiger partial charge in [0.25, 0.3) is 0 Å². The van der Waals surface area contributed by atoms with Gasteiger partial charge in [-0.05, 0) is 80.4 Å². The van der Waals surface area contributed by atoms with Crippen molar-refractivity contribution in [2.75, 3.05) is 0 Å². The number of aromatic nitrogens is 2. The minimum absolute atomic E-state index is 0.201. The van der Waals surface area contributed by atoms with Crippen molar-refractivity contribution in [3.8, 4) is 34.0 Å². The highest BCUT2D eigenvalue weighted by molar-refractivity contribution is 9.11. The average molecular weight is 422 g/mol. The third-order valence-corrected chi connectivity index (χ3v) is 4.20. The summed E-state index contributed by atoms with van der Waals surface area (Å²) in [5.41, 5.74) is 3.04. The SMILES string of the molecule is Oc1ccc(-c2nc(Br)c(-c3ccc(O)cc3)nc2Br)cc1. The van der Waals surface area contributed by atoms with Gasteiger partial charge < -0.3 is 10.2 Å². The van der Waals surface area contributed by atoms with Crippen LogP contribution in [0.25, 0.3) is 22.5 Å². The minimum atomic E-state index is 0.201. The Bertz CT molecular complexity index is 748. The summed E-state index contributed by atoms with van der Waals surface area (Å²) >= 11 is 6.88. The zero-order chi connectivity index (χ0) is 15.7. The molecule has 4 nitrogen and oxygen atoms in total. The summed E-state index contributed by atoms with van der Waals surface area (Å²) in [6, 6.07) is 13.5. The number of aromatic hydroxyl groups is 2. The first-order chi connectivity index (χ1) is 10.5. The lowest BCUT2D eigenvalue weighted by molar-refractivity contribution is 0.475. The van der Waals surface area contributed by atoms with E-state index in [0.717, 1.165) is 11.1 Å². The number of phenolic OH excluding ortho intramolecular Hbond substituents is 2. The Balaban J connectivity index is 2.08. The molecular formula is C16H10Br2N2O2. The Morgan fingerprint density at radius 3 is 1.23 bits per heavy atom. The van der Waals surface area contributed by atoms with E-state index in [1.807, 2.05) is 0 Å².